The molecule has 3 aliphatic heterocycles. The summed E-state index contributed by atoms with van der Waals surface area (Å²) in [5.74, 6) is 4.07. The maximum absolute atomic E-state index is 6.70. The first-order chi connectivity index (χ1) is 13.7. The first kappa shape index (κ1) is 17.1. The van der Waals surface area contributed by atoms with Gasteiger partial charge in [-0.15, -0.1) is 11.8 Å². The smallest absolute Gasteiger partial charge is 0.147 e. The second-order valence-corrected chi connectivity index (χ2v) is 9.89. The number of piperidine rings is 1. The predicted octanol–water partition coefficient (Wildman–Crippen LogP) is 3.94. The van der Waals surface area contributed by atoms with Crippen molar-refractivity contribution in [1.29, 1.82) is 0 Å². The van der Waals surface area contributed by atoms with E-state index < -0.39 is 0 Å². The Kier molecular flexibility index (Phi) is 3.88. The van der Waals surface area contributed by atoms with Crippen LogP contribution in [0, 0.1) is 5.92 Å². The van der Waals surface area contributed by atoms with E-state index in [2.05, 4.69) is 28.1 Å². The Morgan fingerprint density at radius 2 is 1.86 bits per heavy atom. The van der Waals surface area contributed by atoms with Gasteiger partial charge in [-0.2, -0.15) is 0 Å². The lowest BCUT2D eigenvalue weighted by Crippen LogP contribution is -2.56. The minimum Gasteiger partial charge on any atom is -0.485 e. The zero-order valence-corrected chi connectivity index (χ0v) is 16.8. The molecule has 2 bridgehead atoms. The van der Waals surface area contributed by atoms with Crippen LogP contribution in [0.3, 0.4) is 0 Å². The highest BCUT2D eigenvalue weighted by atomic mass is 32.2. The molecule has 5 nitrogen and oxygen atoms in total. The zero-order chi connectivity index (χ0) is 18.7. The van der Waals surface area contributed by atoms with Crippen LogP contribution in [0.2, 0.25) is 0 Å². The molecule has 28 heavy (non-hydrogen) atoms. The fourth-order valence-electron chi connectivity index (χ4n) is 5.36. The lowest BCUT2D eigenvalue weighted by atomic mass is 9.79. The Morgan fingerprint density at radius 3 is 2.54 bits per heavy atom. The SMILES string of the molecule is N[C@@H]1c2ccccc2OC12CC1CC[C@H](C2)N1c1cnc(SCC2CC2)cn1. The molecule has 1 aromatic heterocycles. The highest BCUT2D eigenvalue weighted by Crippen LogP contribution is 2.53. The van der Waals surface area contributed by atoms with Crippen LogP contribution in [0.1, 0.15) is 50.1 Å². The predicted molar refractivity (Wildman–Crippen MR) is 111 cm³/mol. The van der Waals surface area contributed by atoms with Gasteiger partial charge in [0.2, 0.25) is 0 Å². The molecule has 2 N–H and O–H groups in total. The first-order valence-electron chi connectivity index (χ1n) is 10.5. The van der Waals surface area contributed by atoms with E-state index in [4.69, 9.17) is 15.5 Å². The van der Waals surface area contributed by atoms with E-state index in [1.165, 1.54) is 31.4 Å². The number of hydrogen-bond acceptors (Lipinski definition) is 6. The second-order valence-electron chi connectivity index (χ2n) is 8.85. The average molecular weight is 395 g/mol. The summed E-state index contributed by atoms with van der Waals surface area (Å²) < 4.78 is 6.50. The van der Waals surface area contributed by atoms with Gasteiger partial charge in [-0.3, -0.25) is 0 Å². The normalized spacial score (nSPS) is 33.2. The lowest BCUT2D eigenvalue weighted by molar-refractivity contribution is 0.0272. The van der Waals surface area contributed by atoms with Crippen LogP contribution in [0.15, 0.2) is 41.7 Å². The van der Waals surface area contributed by atoms with Crippen molar-refractivity contribution in [2.24, 2.45) is 11.7 Å². The Labute approximate surface area is 170 Å². The van der Waals surface area contributed by atoms with E-state index in [1.54, 1.807) is 0 Å². The van der Waals surface area contributed by atoms with Crippen LogP contribution in [-0.2, 0) is 0 Å². The largest absolute Gasteiger partial charge is 0.485 e. The molecule has 6 heteroatoms. The van der Waals surface area contributed by atoms with Crippen LogP contribution in [0.4, 0.5) is 5.82 Å². The summed E-state index contributed by atoms with van der Waals surface area (Å²) in [6, 6.07) is 9.09. The first-order valence-corrected chi connectivity index (χ1v) is 11.5. The second kappa shape index (κ2) is 6.36. The quantitative estimate of drug-likeness (QED) is 0.793. The van der Waals surface area contributed by atoms with Crippen LogP contribution >= 0.6 is 11.8 Å². The van der Waals surface area contributed by atoms with E-state index in [0.717, 1.165) is 40.9 Å². The molecule has 2 aromatic rings. The Hall–Kier alpha value is -1.79. The molecule has 2 saturated heterocycles. The third kappa shape index (κ3) is 2.72. The summed E-state index contributed by atoms with van der Waals surface area (Å²) in [6.07, 6.45) is 11.0. The fraction of sp³-hybridized carbons (Fsp3) is 0.545. The Balaban J connectivity index is 1.21. The third-order valence-corrected chi connectivity index (χ3v) is 8.10. The van der Waals surface area contributed by atoms with Crippen molar-refractivity contribution in [3.63, 3.8) is 0 Å². The van der Waals surface area contributed by atoms with Crippen molar-refractivity contribution in [3.8, 4) is 5.75 Å². The molecule has 6 rings (SSSR count). The number of ether oxygens (including phenoxy) is 1. The van der Waals surface area contributed by atoms with Gasteiger partial charge in [-0.1, -0.05) is 18.2 Å². The summed E-state index contributed by atoms with van der Waals surface area (Å²) in [4.78, 5) is 12.0. The van der Waals surface area contributed by atoms with Gasteiger partial charge in [0.05, 0.1) is 18.4 Å². The van der Waals surface area contributed by atoms with Gasteiger partial charge in [0.15, 0.2) is 0 Å². The maximum Gasteiger partial charge on any atom is 0.147 e. The molecule has 1 spiro atoms. The van der Waals surface area contributed by atoms with Gasteiger partial charge in [0.1, 0.15) is 22.2 Å². The minimum atomic E-state index is -0.264. The number of nitrogens with zero attached hydrogens (tertiary/aromatic N) is 3. The lowest BCUT2D eigenvalue weighted by Gasteiger charge is -2.46. The number of hydrogen-bond donors (Lipinski definition) is 1. The molecular formula is C22H26N4OS. The fourth-order valence-corrected chi connectivity index (χ4v) is 6.35. The Bertz CT molecular complexity index is 870. The molecule has 1 aromatic carbocycles. The molecule has 0 amide bonds. The standard InChI is InChI=1S/C22H26N4OS/c23-21-17-3-1-2-4-18(17)27-22(21)9-15-7-8-16(10-22)26(15)19-11-25-20(12-24-19)28-13-14-5-6-14/h1-4,11-12,14-16,21H,5-10,13,23H2/t15-,16?,21-,22?/m1/s1. The number of benzene rings is 1. The highest BCUT2D eigenvalue weighted by Gasteiger charge is 2.56. The van der Waals surface area contributed by atoms with Crippen LogP contribution in [0.25, 0.3) is 0 Å². The molecule has 3 fully saturated rings. The van der Waals surface area contributed by atoms with E-state index in [1.807, 2.05) is 30.2 Å². The molecule has 1 aliphatic carbocycles. The van der Waals surface area contributed by atoms with E-state index in [-0.39, 0.29) is 11.6 Å². The van der Waals surface area contributed by atoms with Gasteiger partial charge < -0.3 is 15.4 Å². The number of aromatic nitrogens is 2. The topological polar surface area (TPSA) is 64.3 Å². The molecule has 4 heterocycles. The molecule has 4 atom stereocenters. The van der Waals surface area contributed by atoms with Crippen molar-refractivity contribution in [3.05, 3.63) is 42.2 Å². The number of para-hydroxylation sites is 1. The zero-order valence-electron chi connectivity index (χ0n) is 16.0. The van der Waals surface area contributed by atoms with Crippen LogP contribution in [-0.4, -0.2) is 33.4 Å². The van der Waals surface area contributed by atoms with Crippen LogP contribution in [0.5, 0.6) is 5.75 Å². The van der Waals surface area contributed by atoms with Crippen molar-refractivity contribution >= 4 is 17.6 Å². The van der Waals surface area contributed by atoms with Gasteiger partial charge in [-0.05, 0) is 37.7 Å². The third-order valence-electron chi connectivity index (χ3n) is 6.96. The van der Waals surface area contributed by atoms with Gasteiger partial charge in [0, 0.05) is 36.2 Å². The van der Waals surface area contributed by atoms with Crippen molar-refractivity contribution in [1.82, 2.24) is 9.97 Å². The monoisotopic (exact) mass is 394 g/mol. The van der Waals surface area contributed by atoms with Gasteiger partial charge in [-0.25, -0.2) is 9.97 Å². The molecule has 146 valence electrons. The summed E-state index contributed by atoms with van der Waals surface area (Å²) in [6.45, 7) is 0. The average Bonchev–Trinajstić information content (AvgIpc) is 3.46. The maximum atomic E-state index is 6.70. The number of nitrogens with two attached hydrogens (primary N) is 1. The van der Waals surface area contributed by atoms with Crippen LogP contribution < -0.4 is 15.4 Å². The number of fused-ring (bicyclic) bond motifs is 3. The summed E-state index contributed by atoms with van der Waals surface area (Å²) in [7, 11) is 0. The number of anilines is 1. The summed E-state index contributed by atoms with van der Waals surface area (Å²) in [5.41, 5.74) is 7.60. The summed E-state index contributed by atoms with van der Waals surface area (Å²) in [5, 5.41) is 1.05. The summed E-state index contributed by atoms with van der Waals surface area (Å²) >= 11 is 1.84. The minimum absolute atomic E-state index is 0.0405. The highest BCUT2D eigenvalue weighted by molar-refractivity contribution is 7.99. The molecule has 2 unspecified atom stereocenters. The number of rotatable bonds is 4. The van der Waals surface area contributed by atoms with Crippen molar-refractivity contribution in [2.75, 3.05) is 10.7 Å². The van der Waals surface area contributed by atoms with Crippen molar-refractivity contribution < 1.29 is 4.74 Å². The molecule has 0 radical (unpaired) electrons. The van der Waals surface area contributed by atoms with E-state index in [9.17, 15) is 0 Å². The molecular weight excluding hydrogens is 368 g/mol. The van der Waals surface area contributed by atoms with Gasteiger partial charge in [0.25, 0.3) is 0 Å². The van der Waals surface area contributed by atoms with Crippen molar-refractivity contribution in [2.45, 2.75) is 67.3 Å². The molecule has 1 saturated carbocycles. The Morgan fingerprint density at radius 1 is 1.07 bits per heavy atom. The molecule has 4 aliphatic rings. The number of thioether (sulfide) groups is 1. The van der Waals surface area contributed by atoms with Gasteiger partial charge >= 0.3 is 0 Å². The van der Waals surface area contributed by atoms with E-state index >= 15 is 0 Å². The van der Waals surface area contributed by atoms with E-state index in [0.29, 0.717) is 12.1 Å².